The van der Waals surface area contributed by atoms with Crippen molar-refractivity contribution in [2.24, 2.45) is 5.10 Å². The molecule has 0 aliphatic rings. The van der Waals surface area contributed by atoms with Gasteiger partial charge in [0.25, 0.3) is 0 Å². The molecule has 0 amide bonds. The first-order chi connectivity index (χ1) is 14.2. The number of benzene rings is 3. The van der Waals surface area contributed by atoms with Crippen LogP contribution in [0.1, 0.15) is 25.0 Å². The van der Waals surface area contributed by atoms with E-state index < -0.39 is 0 Å². The van der Waals surface area contributed by atoms with Gasteiger partial charge in [0.15, 0.2) is 0 Å². The summed E-state index contributed by atoms with van der Waals surface area (Å²) in [6.07, 6.45) is 1.88. The smallest absolute Gasteiger partial charge is 0.129 e. The van der Waals surface area contributed by atoms with E-state index in [1.54, 1.807) is 7.11 Å². The molecule has 0 heterocycles. The molecule has 0 unspecified atom stereocenters. The van der Waals surface area contributed by atoms with E-state index >= 15 is 0 Å². The molecule has 0 aliphatic heterocycles. The fraction of sp³-hybridized carbons (Fsp3) is 0.240. The molecule has 3 rings (SSSR count). The van der Waals surface area contributed by atoms with Crippen LogP contribution in [0.5, 0.6) is 5.75 Å². The zero-order chi connectivity index (χ0) is 20.5. The molecule has 0 saturated heterocycles. The summed E-state index contributed by atoms with van der Waals surface area (Å²) in [5, 5.41) is 6.80. The van der Waals surface area contributed by atoms with Crippen LogP contribution in [0.15, 0.2) is 84.0 Å². The fourth-order valence-corrected chi connectivity index (χ4v) is 3.28. The molecule has 3 aromatic rings. The Morgan fingerprint density at radius 2 is 1.48 bits per heavy atom. The Balaban J connectivity index is 1.88. The molecule has 4 nitrogen and oxygen atoms in total. The Morgan fingerprint density at radius 1 is 0.828 bits per heavy atom. The number of hydrazone groups is 1. The second kappa shape index (κ2) is 10.3. The lowest BCUT2D eigenvalue weighted by atomic mass is 10.1. The van der Waals surface area contributed by atoms with E-state index in [1.165, 1.54) is 5.56 Å². The zero-order valence-corrected chi connectivity index (χ0v) is 17.5. The van der Waals surface area contributed by atoms with Gasteiger partial charge < -0.3 is 9.64 Å². The molecule has 0 saturated carbocycles. The molecule has 0 fully saturated rings. The van der Waals surface area contributed by atoms with Gasteiger partial charge in [-0.3, -0.25) is 5.01 Å². The van der Waals surface area contributed by atoms with Crippen LogP contribution in [-0.2, 0) is 6.54 Å². The molecule has 150 valence electrons. The van der Waals surface area contributed by atoms with Gasteiger partial charge in [-0.25, -0.2) is 0 Å². The number of anilines is 2. The van der Waals surface area contributed by atoms with E-state index in [0.29, 0.717) is 6.54 Å². The molecule has 0 bridgehead atoms. The van der Waals surface area contributed by atoms with Gasteiger partial charge in [0.2, 0.25) is 0 Å². The third kappa shape index (κ3) is 5.38. The Kier molecular flexibility index (Phi) is 7.28. The van der Waals surface area contributed by atoms with Crippen LogP contribution < -0.4 is 14.6 Å². The van der Waals surface area contributed by atoms with E-state index in [0.717, 1.165) is 35.8 Å². The predicted molar refractivity (Wildman–Crippen MR) is 123 cm³/mol. The highest BCUT2D eigenvalue weighted by molar-refractivity contribution is 5.85. The van der Waals surface area contributed by atoms with Gasteiger partial charge in [0, 0.05) is 30.4 Å². The van der Waals surface area contributed by atoms with Crippen molar-refractivity contribution in [2.45, 2.75) is 20.4 Å². The van der Waals surface area contributed by atoms with E-state index in [-0.39, 0.29) is 0 Å². The molecule has 0 aromatic heterocycles. The van der Waals surface area contributed by atoms with Crippen LogP contribution in [0.3, 0.4) is 0 Å². The molecule has 4 heteroatoms. The first-order valence-corrected chi connectivity index (χ1v) is 10.1. The van der Waals surface area contributed by atoms with Gasteiger partial charge in [-0.15, -0.1) is 0 Å². The molecular formula is C25H29N3O. The minimum absolute atomic E-state index is 0.696. The first kappa shape index (κ1) is 20.5. The van der Waals surface area contributed by atoms with Crippen molar-refractivity contribution in [3.8, 4) is 5.75 Å². The molecule has 0 N–H and O–H groups in total. The number of hydrogen-bond donors (Lipinski definition) is 0. The maximum absolute atomic E-state index is 5.65. The fourth-order valence-electron chi connectivity index (χ4n) is 3.28. The first-order valence-electron chi connectivity index (χ1n) is 10.1. The molecule has 0 radical (unpaired) electrons. The predicted octanol–water partition coefficient (Wildman–Crippen LogP) is 5.58. The van der Waals surface area contributed by atoms with Gasteiger partial charge in [-0.1, -0.05) is 48.5 Å². The molecule has 0 aliphatic carbocycles. The van der Waals surface area contributed by atoms with Crippen molar-refractivity contribution in [1.29, 1.82) is 0 Å². The number of methoxy groups -OCH3 is 1. The number of ether oxygens (including phenoxy) is 1. The minimum atomic E-state index is 0.696. The number of nitrogens with zero attached hydrogens (tertiary/aromatic N) is 3. The SMILES string of the molecule is CCN(CC)c1ccc(C=NN(Cc2ccccc2)c2ccccc2)c(OC)c1. The van der Waals surface area contributed by atoms with Crippen LogP contribution in [-0.4, -0.2) is 26.4 Å². The lowest BCUT2D eigenvalue weighted by Crippen LogP contribution is -2.21. The molecule has 29 heavy (non-hydrogen) atoms. The van der Waals surface area contributed by atoms with Gasteiger partial charge in [-0.05, 0) is 43.7 Å². The van der Waals surface area contributed by atoms with Crippen LogP contribution in [0.2, 0.25) is 0 Å². The maximum atomic E-state index is 5.65. The summed E-state index contributed by atoms with van der Waals surface area (Å²) < 4.78 is 5.65. The number of para-hydroxylation sites is 1. The second-order valence-corrected chi connectivity index (χ2v) is 6.72. The van der Waals surface area contributed by atoms with Crippen molar-refractivity contribution in [3.63, 3.8) is 0 Å². The van der Waals surface area contributed by atoms with Crippen molar-refractivity contribution in [1.82, 2.24) is 0 Å². The number of hydrogen-bond acceptors (Lipinski definition) is 4. The van der Waals surface area contributed by atoms with Crippen LogP contribution >= 0.6 is 0 Å². The Morgan fingerprint density at radius 3 is 2.10 bits per heavy atom. The van der Waals surface area contributed by atoms with Crippen molar-refractivity contribution in [3.05, 3.63) is 90.0 Å². The molecular weight excluding hydrogens is 358 g/mol. The lowest BCUT2D eigenvalue weighted by molar-refractivity contribution is 0.414. The van der Waals surface area contributed by atoms with Crippen LogP contribution in [0.25, 0.3) is 0 Å². The maximum Gasteiger partial charge on any atom is 0.129 e. The molecule has 0 atom stereocenters. The monoisotopic (exact) mass is 387 g/mol. The van der Waals surface area contributed by atoms with E-state index in [9.17, 15) is 0 Å². The summed E-state index contributed by atoms with van der Waals surface area (Å²) in [6.45, 7) is 6.94. The molecule has 0 spiro atoms. The zero-order valence-electron chi connectivity index (χ0n) is 17.5. The lowest BCUT2D eigenvalue weighted by Gasteiger charge is -2.22. The molecule has 3 aromatic carbocycles. The summed E-state index contributed by atoms with van der Waals surface area (Å²) in [5.74, 6) is 0.825. The third-order valence-electron chi connectivity index (χ3n) is 4.91. The Labute approximate surface area is 174 Å². The summed E-state index contributed by atoms with van der Waals surface area (Å²) in [5.41, 5.74) is 4.37. The second-order valence-electron chi connectivity index (χ2n) is 6.72. The van der Waals surface area contributed by atoms with Crippen molar-refractivity contribution in [2.75, 3.05) is 30.1 Å². The van der Waals surface area contributed by atoms with Crippen LogP contribution in [0, 0.1) is 0 Å². The van der Waals surface area contributed by atoms with E-state index in [4.69, 9.17) is 9.84 Å². The van der Waals surface area contributed by atoms with Gasteiger partial charge in [0.1, 0.15) is 5.75 Å². The Hall–Kier alpha value is -3.27. The van der Waals surface area contributed by atoms with Crippen LogP contribution in [0.4, 0.5) is 11.4 Å². The summed E-state index contributed by atoms with van der Waals surface area (Å²) in [4.78, 5) is 2.30. The minimum Gasteiger partial charge on any atom is -0.496 e. The topological polar surface area (TPSA) is 28.1 Å². The van der Waals surface area contributed by atoms with Crippen molar-refractivity contribution < 1.29 is 4.74 Å². The largest absolute Gasteiger partial charge is 0.496 e. The Bertz CT molecular complexity index is 906. The van der Waals surface area contributed by atoms with Crippen molar-refractivity contribution >= 4 is 17.6 Å². The van der Waals surface area contributed by atoms with Gasteiger partial charge in [0.05, 0.1) is 25.6 Å². The third-order valence-corrected chi connectivity index (χ3v) is 4.91. The van der Waals surface area contributed by atoms with E-state index in [1.807, 2.05) is 35.5 Å². The van der Waals surface area contributed by atoms with Gasteiger partial charge >= 0.3 is 0 Å². The average Bonchev–Trinajstić information content (AvgIpc) is 2.79. The van der Waals surface area contributed by atoms with Gasteiger partial charge in [-0.2, -0.15) is 5.10 Å². The summed E-state index contributed by atoms with van der Waals surface area (Å²) in [6, 6.07) is 26.9. The highest BCUT2D eigenvalue weighted by Gasteiger charge is 2.09. The number of rotatable bonds is 9. The van der Waals surface area contributed by atoms with E-state index in [2.05, 4.69) is 73.3 Å². The normalized spacial score (nSPS) is 10.9. The highest BCUT2D eigenvalue weighted by atomic mass is 16.5. The quantitative estimate of drug-likeness (QED) is 0.354. The average molecular weight is 388 g/mol. The standard InChI is InChI=1S/C25H29N3O/c1-4-27(5-2)24-17-16-22(25(18-24)29-3)19-26-28(23-14-10-7-11-15-23)20-21-12-8-6-9-13-21/h6-19H,4-5,20H2,1-3H3. The summed E-state index contributed by atoms with van der Waals surface area (Å²) in [7, 11) is 1.71. The highest BCUT2D eigenvalue weighted by Crippen LogP contribution is 2.25. The summed E-state index contributed by atoms with van der Waals surface area (Å²) >= 11 is 0.